The molecule has 0 saturated carbocycles. The molecule has 1 N–H and O–H groups in total. The van der Waals surface area contributed by atoms with Gasteiger partial charge in [-0.1, -0.05) is 31.2 Å². The summed E-state index contributed by atoms with van der Waals surface area (Å²) in [5, 5.41) is 3.31. The summed E-state index contributed by atoms with van der Waals surface area (Å²) < 4.78 is 14.5. The SMILES string of the molecule is CCNC(C)c1ccc(N2CCc3ccccc32)c(F)c1. The molecule has 0 spiro atoms. The highest BCUT2D eigenvalue weighted by atomic mass is 19.1. The van der Waals surface area contributed by atoms with Gasteiger partial charge in [-0.2, -0.15) is 0 Å². The molecule has 2 nitrogen and oxygen atoms in total. The van der Waals surface area contributed by atoms with E-state index < -0.39 is 0 Å². The van der Waals surface area contributed by atoms with E-state index in [0.29, 0.717) is 5.69 Å². The molecule has 0 aromatic heterocycles. The van der Waals surface area contributed by atoms with E-state index >= 15 is 0 Å². The molecule has 2 aromatic carbocycles. The zero-order chi connectivity index (χ0) is 14.8. The third-order valence-corrected chi connectivity index (χ3v) is 4.16. The molecule has 0 saturated heterocycles. The lowest BCUT2D eigenvalue weighted by molar-refractivity contribution is 0.583. The summed E-state index contributed by atoms with van der Waals surface area (Å²) in [6.07, 6.45) is 0.977. The van der Waals surface area contributed by atoms with Gasteiger partial charge in [0.2, 0.25) is 0 Å². The molecule has 1 unspecified atom stereocenters. The van der Waals surface area contributed by atoms with E-state index in [4.69, 9.17) is 0 Å². The molecule has 0 radical (unpaired) electrons. The number of nitrogens with one attached hydrogen (secondary N) is 1. The first-order valence-electron chi connectivity index (χ1n) is 7.59. The van der Waals surface area contributed by atoms with Gasteiger partial charge in [0.05, 0.1) is 5.69 Å². The first kappa shape index (κ1) is 14.1. The minimum atomic E-state index is -0.144. The van der Waals surface area contributed by atoms with Gasteiger partial charge in [-0.25, -0.2) is 4.39 Å². The zero-order valence-electron chi connectivity index (χ0n) is 12.6. The molecule has 0 fully saturated rings. The Kier molecular flexibility index (Phi) is 3.93. The summed E-state index contributed by atoms with van der Waals surface area (Å²) >= 11 is 0. The van der Waals surface area contributed by atoms with Crippen molar-refractivity contribution in [3.8, 4) is 0 Å². The first-order chi connectivity index (χ1) is 10.2. The second-order valence-corrected chi connectivity index (χ2v) is 5.52. The standard InChI is InChI=1S/C18H21FN2/c1-3-20-13(2)15-8-9-18(16(19)12-15)21-11-10-14-6-4-5-7-17(14)21/h4-9,12-13,20H,3,10-11H2,1-2H3. The highest BCUT2D eigenvalue weighted by molar-refractivity contribution is 5.70. The van der Waals surface area contributed by atoms with Crippen molar-refractivity contribution in [2.75, 3.05) is 18.0 Å². The predicted octanol–water partition coefficient (Wildman–Crippen LogP) is 4.19. The van der Waals surface area contributed by atoms with E-state index in [1.165, 1.54) is 5.56 Å². The number of para-hydroxylation sites is 1. The number of benzene rings is 2. The lowest BCUT2D eigenvalue weighted by Gasteiger charge is -2.21. The van der Waals surface area contributed by atoms with Crippen LogP contribution in [0.15, 0.2) is 42.5 Å². The number of anilines is 2. The number of nitrogens with zero attached hydrogens (tertiary/aromatic N) is 1. The third-order valence-electron chi connectivity index (χ3n) is 4.16. The molecule has 1 aliphatic rings. The maximum Gasteiger partial charge on any atom is 0.147 e. The average Bonchev–Trinajstić information content (AvgIpc) is 2.91. The molecule has 1 aliphatic heterocycles. The summed E-state index contributed by atoms with van der Waals surface area (Å²) in [4.78, 5) is 2.08. The zero-order valence-corrected chi connectivity index (χ0v) is 12.6. The smallest absolute Gasteiger partial charge is 0.147 e. The van der Waals surface area contributed by atoms with Crippen LogP contribution in [0.1, 0.15) is 31.0 Å². The van der Waals surface area contributed by atoms with Crippen molar-refractivity contribution < 1.29 is 4.39 Å². The van der Waals surface area contributed by atoms with Gasteiger partial charge in [-0.15, -0.1) is 0 Å². The van der Waals surface area contributed by atoms with E-state index in [0.717, 1.165) is 30.8 Å². The van der Waals surface area contributed by atoms with Gasteiger partial charge in [-0.3, -0.25) is 0 Å². The Morgan fingerprint density at radius 3 is 2.76 bits per heavy atom. The van der Waals surface area contributed by atoms with Crippen molar-refractivity contribution in [3.05, 3.63) is 59.4 Å². The molecule has 1 heterocycles. The molecular weight excluding hydrogens is 263 g/mol. The molecule has 3 heteroatoms. The van der Waals surface area contributed by atoms with Gasteiger partial charge in [0.25, 0.3) is 0 Å². The van der Waals surface area contributed by atoms with Crippen molar-refractivity contribution in [3.63, 3.8) is 0 Å². The third kappa shape index (κ3) is 2.66. The molecule has 0 bridgehead atoms. The Labute approximate surface area is 125 Å². The summed E-state index contributed by atoms with van der Waals surface area (Å²) in [6, 6.07) is 14.0. The molecule has 1 atom stereocenters. The van der Waals surface area contributed by atoms with E-state index in [1.54, 1.807) is 6.07 Å². The second-order valence-electron chi connectivity index (χ2n) is 5.52. The summed E-state index contributed by atoms with van der Waals surface area (Å²) in [5.41, 5.74) is 4.09. The highest BCUT2D eigenvalue weighted by Crippen LogP contribution is 2.36. The van der Waals surface area contributed by atoms with E-state index in [-0.39, 0.29) is 11.9 Å². The Morgan fingerprint density at radius 2 is 2.00 bits per heavy atom. The molecule has 21 heavy (non-hydrogen) atoms. The van der Waals surface area contributed by atoms with Crippen LogP contribution in [0.5, 0.6) is 0 Å². The fraction of sp³-hybridized carbons (Fsp3) is 0.333. The van der Waals surface area contributed by atoms with Gasteiger partial charge in [0.1, 0.15) is 5.82 Å². The topological polar surface area (TPSA) is 15.3 Å². The summed E-state index contributed by atoms with van der Waals surface area (Å²) in [5.74, 6) is -0.144. The number of hydrogen-bond donors (Lipinski definition) is 1. The van der Waals surface area contributed by atoms with Gasteiger partial charge in [0.15, 0.2) is 0 Å². The fourth-order valence-corrected chi connectivity index (χ4v) is 3.02. The maximum atomic E-state index is 14.5. The summed E-state index contributed by atoms with van der Waals surface area (Å²) in [7, 11) is 0. The molecular formula is C18H21FN2. The Bertz CT molecular complexity index is 639. The Balaban J connectivity index is 1.91. The first-order valence-corrected chi connectivity index (χ1v) is 7.59. The molecule has 0 amide bonds. The number of fused-ring (bicyclic) bond motifs is 1. The minimum Gasteiger partial charge on any atom is -0.339 e. The van der Waals surface area contributed by atoms with E-state index in [2.05, 4.69) is 36.2 Å². The largest absolute Gasteiger partial charge is 0.339 e. The lowest BCUT2D eigenvalue weighted by atomic mass is 10.1. The molecule has 2 aromatic rings. The Hall–Kier alpha value is -1.87. The van der Waals surface area contributed by atoms with E-state index in [9.17, 15) is 4.39 Å². The van der Waals surface area contributed by atoms with Crippen molar-refractivity contribution in [1.29, 1.82) is 0 Å². The van der Waals surface area contributed by atoms with Crippen LogP contribution < -0.4 is 10.2 Å². The van der Waals surface area contributed by atoms with Crippen LogP contribution in [0.25, 0.3) is 0 Å². The summed E-state index contributed by atoms with van der Waals surface area (Å²) in [6.45, 7) is 5.84. The fourth-order valence-electron chi connectivity index (χ4n) is 3.02. The van der Waals surface area contributed by atoms with Crippen molar-refractivity contribution in [2.45, 2.75) is 26.3 Å². The van der Waals surface area contributed by atoms with Crippen LogP contribution in [-0.4, -0.2) is 13.1 Å². The maximum absolute atomic E-state index is 14.5. The molecule has 3 rings (SSSR count). The number of rotatable bonds is 4. The molecule has 0 aliphatic carbocycles. The second kappa shape index (κ2) is 5.86. The highest BCUT2D eigenvalue weighted by Gasteiger charge is 2.22. The van der Waals surface area contributed by atoms with Gasteiger partial charge >= 0.3 is 0 Å². The van der Waals surface area contributed by atoms with Crippen LogP contribution in [0, 0.1) is 5.82 Å². The van der Waals surface area contributed by atoms with Crippen LogP contribution in [0.3, 0.4) is 0 Å². The van der Waals surface area contributed by atoms with Gasteiger partial charge in [-0.05, 0) is 49.2 Å². The van der Waals surface area contributed by atoms with Gasteiger partial charge < -0.3 is 10.2 Å². The minimum absolute atomic E-state index is 0.144. The van der Waals surface area contributed by atoms with Crippen LogP contribution in [0.2, 0.25) is 0 Å². The van der Waals surface area contributed by atoms with E-state index in [1.807, 2.05) is 24.3 Å². The van der Waals surface area contributed by atoms with Crippen LogP contribution in [0.4, 0.5) is 15.8 Å². The number of hydrogen-bond acceptors (Lipinski definition) is 2. The molecule has 110 valence electrons. The monoisotopic (exact) mass is 284 g/mol. The number of halogens is 1. The van der Waals surface area contributed by atoms with Crippen molar-refractivity contribution in [1.82, 2.24) is 5.32 Å². The van der Waals surface area contributed by atoms with Crippen LogP contribution in [-0.2, 0) is 6.42 Å². The van der Waals surface area contributed by atoms with Crippen LogP contribution >= 0.6 is 0 Å². The van der Waals surface area contributed by atoms with Crippen molar-refractivity contribution >= 4 is 11.4 Å². The Morgan fingerprint density at radius 1 is 1.19 bits per heavy atom. The normalized spacial score (nSPS) is 15.1. The quantitative estimate of drug-likeness (QED) is 0.905. The average molecular weight is 284 g/mol. The lowest BCUT2D eigenvalue weighted by Crippen LogP contribution is -2.19. The predicted molar refractivity (Wildman–Crippen MR) is 85.6 cm³/mol. The van der Waals surface area contributed by atoms with Crippen molar-refractivity contribution in [2.24, 2.45) is 0 Å². The van der Waals surface area contributed by atoms with Gasteiger partial charge in [0, 0.05) is 18.3 Å².